The number of thioether (sulfide) groups is 1. The summed E-state index contributed by atoms with van der Waals surface area (Å²) >= 11 is 1.33. The third-order valence-corrected chi connectivity index (χ3v) is 7.43. The average Bonchev–Trinajstić information content (AvgIpc) is 3.24. The van der Waals surface area contributed by atoms with E-state index in [1.54, 1.807) is 11.2 Å². The van der Waals surface area contributed by atoms with Crippen molar-refractivity contribution in [2.75, 3.05) is 23.8 Å². The number of amides is 1. The predicted molar refractivity (Wildman–Crippen MR) is 110 cm³/mol. The Morgan fingerprint density at radius 2 is 2.11 bits per heavy atom. The van der Waals surface area contributed by atoms with Crippen molar-refractivity contribution in [3.8, 4) is 5.69 Å². The first-order valence-corrected chi connectivity index (χ1v) is 12.2. The molecule has 0 radical (unpaired) electrons. The largest absolute Gasteiger partial charge is 0.338 e. The number of carbonyl (C=O) groups is 1. The molecular formula is C19H26N4O3S2. The predicted octanol–water partition coefficient (Wildman–Crippen LogP) is 2.34. The Labute approximate surface area is 170 Å². The zero-order valence-corrected chi connectivity index (χ0v) is 18.0. The highest BCUT2D eigenvalue weighted by molar-refractivity contribution is 7.99. The molecule has 0 bridgehead atoms. The highest BCUT2D eigenvalue weighted by Gasteiger charge is 2.34. The lowest BCUT2D eigenvalue weighted by atomic mass is 10.1. The molecule has 0 aliphatic carbocycles. The van der Waals surface area contributed by atoms with Crippen molar-refractivity contribution < 1.29 is 13.2 Å². The van der Waals surface area contributed by atoms with Gasteiger partial charge in [-0.2, -0.15) is 0 Å². The van der Waals surface area contributed by atoms with Crippen LogP contribution in [-0.4, -0.2) is 63.8 Å². The Kier molecular flexibility index (Phi) is 6.44. The van der Waals surface area contributed by atoms with E-state index in [1.165, 1.54) is 11.8 Å². The normalized spacial score (nSPS) is 18.5. The molecule has 1 fully saturated rings. The van der Waals surface area contributed by atoms with Crippen molar-refractivity contribution in [3.63, 3.8) is 0 Å². The van der Waals surface area contributed by atoms with E-state index in [0.29, 0.717) is 18.1 Å². The molecule has 1 amide bonds. The quantitative estimate of drug-likeness (QED) is 0.637. The number of para-hydroxylation sites is 1. The second-order valence-corrected chi connectivity index (χ2v) is 10.7. The molecule has 9 heteroatoms. The summed E-state index contributed by atoms with van der Waals surface area (Å²) < 4.78 is 25.6. The summed E-state index contributed by atoms with van der Waals surface area (Å²) in [5, 5.41) is 8.80. The van der Waals surface area contributed by atoms with Crippen LogP contribution in [0.4, 0.5) is 0 Å². The standard InChI is InChI=1S/C19H26N4O3S2/c1-14(2)10-22(16-8-9-28(25,26)12-16)18(24)11-27-19-21-20-13-23(19)17-7-5-4-6-15(17)3/h4-7,13-14,16H,8-12H2,1-3H3/t16-/m0/s1. The van der Waals surface area contributed by atoms with E-state index < -0.39 is 9.84 Å². The molecule has 7 nitrogen and oxygen atoms in total. The van der Waals surface area contributed by atoms with Gasteiger partial charge in [0.2, 0.25) is 5.91 Å². The van der Waals surface area contributed by atoms with Crippen molar-refractivity contribution in [1.29, 1.82) is 0 Å². The van der Waals surface area contributed by atoms with Crippen molar-refractivity contribution in [2.24, 2.45) is 5.92 Å². The van der Waals surface area contributed by atoms with E-state index in [4.69, 9.17) is 0 Å². The van der Waals surface area contributed by atoms with Gasteiger partial charge in [0.15, 0.2) is 15.0 Å². The number of aromatic nitrogens is 3. The molecule has 0 unspecified atom stereocenters. The maximum absolute atomic E-state index is 12.9. The number of nitrogens with zero attached hydrogens (tertiary/aromatic N) is 4. The first-order valence-electron chi connectivity index (χ1n) is 9.35. The van der Waals surface area contributed by atoms with Crippen LogP contribution in [0, 0.1) is 12.8 Å². The molecule has 0 spiro atoms. The fraction of sp³-hybridized carbons (Fsp3) is 0.526. The zero-order valence-electron chi connectivity index (χ0n) is 16.4. The van der Waals surface area contributed by atoms with Crippen LogP contribution < -0.4 is 0 Å². The summed E-state index contributed by atoms with van der Waals surface area (Å²) in [4.78, 5) is 14.7. The van der Waals surface area contributed by atoms with E-state index in [2.05, 4.69) is 10.2 Å². The molecule has 1 aromatic heterocycles. The summed E-state index contributed by atoms with van der Waals surface area (Å²) in [6, 6.07) is 7.69. The zero-order chi connectivity index (χ0) is 20.3. The van der Waals surface area contributed by atoms with Crippen molar-refractivity contribution in [2.45, 2.75) is 38.4 Å². The molecule has 152 valence electrons. The first-order chi connectivity index (χ1) is 13.3. The number of carbonyl (C=O) groups excluding carboxylic acids is 1. The van der Waals surface area contributed by atoms with Crippen LogP contribution in [0.25, 0.3) is 5.69 Å². The molecule has 0 N–H and O–H groups in total. The number of benzene rings is 1. The maximum atomic E-state index is 12.9. The fourth-order valence-electron chi connectivity index (χ4n) is 3.40. The molecule has 1 aliphatic heterocycles. The maximum Gasteiger partial charge on any atom is 0.233 e. The van der Waals surface area contributed by atoms with Gasteiger partial charge in [0.25, 0.3) is 0 Å². The van der Waals surface area contributed by atoms with E-state index >= 15 is 0 Å². The van der Waals surface area contributed by atoms with Crippen LogP contribution in [0.15, 0.2) is 35.7 Å². The molecular weight excluding hydrogens is 396 g/mol. The molecule has 1 saturated heterocycles. The Morgan fingerprint density at radius 3 is 2.75 bits per heavy atom. The van der Waals surface area contributed by atoms with Gasteiger partial charge in [-0.3, -0.25) is 9.36 Å². The molecule has 1 atom stereocenters. The molecule has 2 heterocycles. The fourth-order valence-corrected chi connectivity index (χ4v) is 5.94. The molecule has 1 aromatic carbocycles. The third-order valence-electron chi connectivity index (χ3n) is 4.75. The Balaban J connectivity index is 1.72. The van der Waals surface area contributed by atoms with Gasteiger partial charge < -0.3 is 4.90 Å². The summed E-state index contributed by atoms with van der Waals surface area (Å²) in [7, 11) is -3.04. The second-order valence-electron chi connectivity index (χ2n) is 7.56. The number of rotatable bonds is 7. The molecule has 3 rings (SSSR count). The topological polar surface area (TPSA) is 85.2 Å². The van der Waals surface area contributed by atoms with Crippen LogP contribution in [0.3, 0.4) is 0 Å². The van der Waals surface area contributed by atoms with Crippen LogP contribution in [0.5, 0.6) is 0 Å². The minimum Gasteiger partial charge on any atom is -0.338 e. The van der Waals surface area contributed by atoms with Gasteiger partial charge >= 0.3 is 0 Å². The lowest BCUT2D eigenvalue weighted by molar-refractivity contribution is -0.130. The number of hydrogen-bond donors (Lipinski definition) is 0. The Bertz CT molecular complexity index is 940. The van der Waals surface area contributed by atoms with E-state index in [9.17, 15) is 13.2 Å². The lowest BCUT2D eigenvalue weighted by Gasteiger charge is -2.29. The summed E-state index contributed by atoms with van der Waals surface area (Å²) in [6.45, 7) is 6.64. The Morgan fingerprint density at radius 1 is 1.36 bits per heavy atom. The van der Waals surface area contributed by atoms with E-state index in [1.807, 2.05) is 49.6 Å². The van der Waals surface area contributed by atoms with Gasteiger partial charge in [0.05, 0.1) is 22.9 Å². The number of sulfone groups is 1. The highest BCUT2D eigenvalue weighted by Crippen LogP contribution is 2.24. The summed E-state index contributed by atoms with van der Waals surface area (Å²) in [5.74, 6) is 0.644. The van der Waals surface area contributed by atoms with Crippen molar-refractivity contribution in [1.82, 2.24) is 19.7 Å². The van der Waals surface area contributed by atoms with E-state index in [0.717, 1.165) is 11.3 Å². The van der Waals surface area contributed by atoms with Gasteiger partial charge in [-0.25, -0.2) is 8.42 Å². The van der Waals surface area contributed by atoms with Crippen LogP contribution in [0.2, 0.25) is 0 Å². The van der Waals surface area contributed by atoms with Gasteiger partial charge in [-0.05, 0) is 30.9 Å². The lowest BCUT2D eigenvalue weighted by Crippen LogP contribution is -2.44. The average molecular weight is 423 g/mol. The molecule has 0 saturated carbocycles. The third kappa shape index (κ3) is 4.94. The number of hydrogen-bond acceptors (Lipinski definition) is 6. The molecule has 2 aromatic rings. The van der Waals surface area contributed by atoms with Crippen molar-refractivity contribution in [3.05, 3.63) is 36.2 Å². The highest BCUT2D eigenvalue weighted by atomic mass is 32.2. The van der Waals surface area contributed by atoms with Gasteiger partial charge in [0, 0.05) is 12.6 Å². The molecule has 28 heavy (non-hydrogen) atoms. The van der Waals surface area contributed by atoms with Gasteiger partial charge in [-0.1, -0.05) is 43.8 Å². The van der Waals surface area contributed by atoms with Gasteiger partial charge in [-0.15, -0.1) is 10.2 Å². The van der Waals surface area contributed by atoms with Crippen LogP contribution >= 0.6 is 11.8 Å². The monoisotopic (exact) mass is 422 g/mol. The second kappa shape index (κ2) is 8.65. The summed E-state index contributed by atoms with van der Waals surface area (Å²) in [6.07, 6.45) is 2.16. The smallest absolute Gasteiger partial charge is 0.233 e. The minimum absolute atomic E-state index is 0.0554. The van der Waals surface area contributed by atoms with E-state index in [-0.39, 0.29) is 35.1 Å². The number of aryl methyl sites for hydroxylation is 1. The minimum atomic E-state index is -3.04. The van der Waals surface area contributed by atoms with Crippen LogP contribution in [0.1, 0.15) is 25.8 Å². The first kappa shape index (κ1) is 20.9. The Hall–Kier alpha value is -1.87. The van der Waals surface area contributed by atoms with Crippen LogP contribution in [-0.2, 0) is 14.6 Å². The molecule has 1 aliphatic rings. The van der Waals surface area contributed by atoms with Crippen molar-refractivity contribution >= 4 is 27.5 Å². The SMILES string of the molecule is Cc1ccccc1-n1cnnc1SCC(=O)N(CC(C)C)[C@H]1CCS(=O)(=O)C1. The summed E-state index contributed by atoms with van der Waals surface area (Å²) in [5.41, 5.74) is 2.07. The van der Waals surface area contributed by atoms with Gasteiger partial charge in [0.1, 0.15) is 6.33 Å².